The number of rotatable bonds is 3. The first-order valence-corrected chi connectivity index (χ1v) is 2.33. The van der Waals surface area contributed by atoms with Gasteiger partial charge in [-0.05, 0) is 5.53 Å². The molecule has 0 N–H and O–H groups in total. The summed E-state index contributed by atoms with van der Waals surface area (Å²) in [4.78, 5) is 11.7. The van der Waals surface area contributed by atoms with E-state index in [0.717, 1.165) is 0 Å². The van der Waals surface area contributed by atoms with Gasteiger partial charge in [0.15, 0.2) is 0 Å². The van der Waals surface area contributed by atoms with Crippen molar-refractivity contribution in [1.82, 2.24) is 0 Å². The zero-order valence-electron chi connectivity index (χ0n) is 4.89. The Balaban J connectivity index is 3.63. The lowest BCUT2D eigenvalue weighted by molar-refractivity contribution is -0.514. The standard InChI is InChI=1S/C3H6N4O2/c1-3(7(8)9)2-5-6-4/h3H,2H2,1H3. The van der Waals surface area contributed by atoms with Crippen LogP contribution in [-0.4, -0.2) is 17.5 Å². The summed E-state index contributed by atoms with van der Waals surface area (Å²) in [5.41, 5.74) is 7.73. The summed E-state index contributed by atoms with van der Waals surface area (Å²) in [6, 6.07) is -0.777. The zero-order valence-corrected chi connectivity index (χ0v) is 4.89. The van der Waals surface area contributed by atoms with Gasteiger partial charge in [-0.1, -0.05) is 5.11 Å². The van der Waals surface area contributed by atoms with Crippen molar-refractivity contribution in [2.45, 2.75) is 13.0 Å². The quantitative estimate of drug-likeness (QED) is 0.187. The SMILES string of the molecule is CC(CN=[N+]=[N-])[N+](=O)[O-]. The molecular formula is C3H6N4O2. The molecule has 6 heteroatoms. The Hall–Kier alpha value is -1.29. The molecule has 0 fully saturated rings. The average Bonchev–Trinajstić information content (AvgIpc) is 1.82. The highest BCUT2D eigenvalue weighted by Crippen LogP contribution is 1.87. The van der Waals surface area contributed by atoms with Crippen molar-refractivity contribution < 1.29 is 4.92 Å². The molecule has 0 saturated carbocycles. The van der Waals surface area contributed by atoms with Gasteiger partial charge in [0.2, 0.25) is 6.04 Å². The summed E-state index contributed by atoms with van der Waals surface area (Å²) in [7, 11) is 0. The van der Waals surface area contributed by atoms with Crippen LogP contribution in [0.4, 0.5) is 0 Å². The molecule has 0 rings (SSSR count). The molecule has 0 aliphatic rings. The van der Waals surface area contributed by atoms with E-state index in [1.807, 2.05) is 0 Å². The van der Waals surface area contributed by atoms with Crippen LogP contribution in [0.25, 0.3) is 10.4 Å². The first-order chi connectivity index (χ1) is 4.18. The van der Waals surface area contributed by atoms with Crippen LogP contribution in [0.1, 0.15) is 6.92 Å². The van der Waals surface area contributed by atoms with Crippen molar-refractivity contribution >= 4 is 0 Å². The van der Waals surface area contributed by atoms with Gasteiger partial charge in [0, 0.05) is 16.8 Å². The van der Waals surface area contributed by atoms with Gasteiger partial charge in [0.1, 0.15) is 0 Å². The van der Waals surface area contributed by atoms with Gasteiger partial charge in [-0.2, -0.15) is 0 Å². The predicted octanol–water partition coefficient (Wildman–Crippen LogP) is 0.962. The highest BCUT2D eigenvalue weighted by Gasteiger charge is 2.09. The van der Waals surface area contributed by atoms with E-state index in [1.165, 1.54) is 6.92 Å². The lowest BCUT2D eigenvalue weighted by atomic mass is 10.4. The minimum atomic E-state index is -0.777. The van der Waals surface area contributed by atoms with E-state index in [-0.39, 0.29) is 6.54 Å². The maximum absolute atomic E-state index is 9.83. The summed E-state index contributed by atoms with van der Waals surface area (Å²) >= 11 is 0. The molecule has 1 unspecified atom stereocenters. The Bertz CT molecular complexity index is 150. The van der Waals surface area contributed by atoms with Gasteiger partial charge in [0.25, 0.3) is 0 Å². The topological polar surface area (TPSA) is 91.9 Å². The first-order valence-electron chi connectivity index (χ1n) is 2.33. The fourth-order valence-electron chi connectivity index (χ4n) is 0.221. The maximum Gasteiger partial charge on any atom is 0.216 e. The highest BCUT2D eigenvalue weighted by atomic mass is 16.6. The molecule has 0 aromatic heterocycles. The molecule has 0 spiro atoms. The number of azide groups is 1. The number of hydrogen-bond acceptors (Lipinski definition) is 3. The molecule has 0 aromatic rings. The molecule has 50 valence electrons. The Morgan fingerprint density at radius 2 is 2.56 bits per heavy atom. The van der Waals surface area contributed by atoms with Gasteiger partial charge in [-0.15, -0.1) is 0 Å². The van der Waals surface area contributed by atoms with Crippen LogP contribution in [0.2, 0.25) is 0 Å². The lowest BCUT2D eigenvalue weighted by Crippen LogP contribution is -2.17. The zero-order chi connectivity index (χ0) is 7.28. The van der Waals surface area contributed by atoms with Crippen molar-refractivity contribution in [2.24, 2.45) is 5.11 Å². The van der Waals surface area contributed by atoms with Crippen LogP contribution in [0, 0.1) is 10.1 Å². The lowest BCUT2D eigenvalue weighted by Gasteiger charge is -1.94. The van der Waals surface area contributed by atoms with Crippen LogP contribution < -0.4 is 0 Å². The Kier molecular flexibility index (Phi) is 3.15. The molecule has 0 radical (unpaired) electrons. The van der Waals surface area contributed by atoms with Crippen LogP contribution >= 0.6 is 0 Å². The first kappa shape index (κ1) is 7.71. The van der Waals surface area contributed by atoms with Gasteiger partial charge >= 0.3 is 0 Å². The minimum absolute atomic E-state index is 0.0799. The molecule has 0 bridgehead atoms. The van der Waals surface area contributed by atoms with Gasteiger partial charge in [-0.25, -0.2) is 0 Å². The normalized spacial score (nSPS) is 11.7. The Morgan fingerprint density at radius 3 is 2.89 bits per heavy atom. The summed E-state index contributed by atoms with van der Waals surface area (Å²) < 4.78 is 0. The highest BCUT2D eigenvalue weighted by molar-refractivity contribution is 4.52. The Morgan fingerprint density at radius 1 is 2.00 bits per heavy atom. The maximum atomic E-state index is 9.83. The van der Waals surface area contributed by atoms with Gasteiger partial charge in [-0.3, -0.25) is 10.1 Å². The van der Waals surface area contributed by atoms with E-state index in [0.29, 0.717) is 0 Å². The average molecular weight is 130 g/mol. The van der Waals surface area contributed by atoms with Crippen LogP contribution in [0.3, 0.4) is 0 Å². The Labute approximate surface area is 51.3 Å². The molecule has 0 aromatic carbocycles. The van der Waals surface area contributed by atoms with E-state index >= 15 is 0 Å². The van der Waals surface area contributed by atoms with Crippen LogP contribution in [-0.2, 0) is 0 Å². The van der Waals surface area contributed by atoms with Crippen LogP contribution in [0.5, 0.6) is 0 Å². The van der Waals surface area contributed by atoms with E-state index in [4.69, 9.17) is 5.53 Å². The molecule has 0 aliphatic heterocycles. The third kappa shape index (κ3) is 3.31. The third-order valence-corrected chi connectivity index (χ3v) is 0.769. The van der Waals surface area contributed by atoms with E-state index in [1.54, 1.807) is 0 Å². The second-order valence-corrected chi connectivity index (χ2v) is 1.55. The van der Waals surface area contributed by atoms with Crippen molar-refractivity contribution in [3.05, 3.63) is 20.6 Å². The van der Waals surface area contributed by atoms with Gasteiger partial charge in [0.05, 0.1) is 6.54 Å². The van der Waals surface area contributed by atoms with E-state index in [2.05, 4.69) is 10.0 Å². The van der Waals surface area contributed by atoms with Gasteiger partial charge < -0.3 is 0 Å². The molecule has 1 atom stereocenters. The fourth-order valence-corrected chi connectivity index (χ4v) is 0.221. The summed E-state index contributed by atoms with van der Waals surface area (Å²) in [5.74, 6) is 0. The molecule has 9 heavy (non-hydrogen) atoms. The van der Waals surface area contributed by atoms with Crippen LogP contribution in [0.15, 0.2) is 5.11 Å². The molecule has 0 amide bonds. The number of nitrogens with zero attached hydrogens (tertiary/aromatic N) is 4. The third-order valence-electron chi connectivity index (χ3n) is 0.769. The summed E-state index contributed by atoms with van der Waals surface area (Å²) in [5, 5.41) is 12.9. The van der Waals surface area contributed by atoms with E-state index < -0.39 is 11.0 Å². The minimum Gasteiger partial charge on any atom is -0.264 e. The van der Waals surface area contributed by atoms with E-state index in [9.17, 15) is 10.1 Å². The predicted molar refractivity (Wildman–Crippen MR) is 30.5 cm³/mol. The molecule has 0 aliphatic carbocycles. The molecule has 6 nitrogen and oxygen atoms in total. The fraction of sp³-hybridized carbons (Fsp3) is 1.00. The summed E-state index contributed by atoms with van der Waals surface area (Å²) in [6.45, 7) is 1.30. The second-order valence-electron chi connectivity index (χ2n) is 1.55. The number of nitro groups is 1. The van der Waals surface area contributed by atoms with Crippen molar-refractivity contribution in [3.8, 4) is 0 Å². The van der Waals surface area contributed by atoms with Crippen molar-refractivity contribution in [3.63, 3.8) is 0 Å². The monoisotopic (exact) mass is 130 g/mol. The number of hydrogen-bond donors (Lipinski definition) is 0. The molecule has 0 heterocycles. The van der Waals surface area contributed by atoms with Crippen molar-refractivity contribution in [2.75, 3.05) is 6.54 Å². The smallest absolute Gasteiger partial charge is 0.216 e. The largest absolute Gasteiger partial charge is 0.264 e. The summed E-state index contributed by atoms with van der Waals surface area (Å²) in [6.07, 6.45) is 0. The second kappa shape index (κ2) is 3.68. The van der Waals surface area contributed by atoms with Crippen molar-refractivity contribution in [1.29, 1.82) is 0 Å². The molecule has 0 saturated heterocycles. The molecular weight excluding hydrogens is 124 g/mol.